The molecule has 0 aromatic carbocycles. The Morgan fingerprint density at radius 2 is 2.00 bits per heavy atom. The molecule has 0 spiro atoms. The standard InChI is InChI=1S/C12H23NO/c1-2-14-12(7-3-4-8-12)11(13)9-10-5-6-10/h10-11H,2-9,13H2,1H3. The van der Waals surface area contributed by atoms with E-state index in [1.165, 1.54) is 44.9 Å². The lowest BCUT2D eigenvalue weighted by Crippen LogP contribution is -2.48. The summed E-state index contributed by atoms with van der Waals surface area (Å²) < 4.78 is 5.96. The van der Waals surface area contributed by atoms with Crippen LogP contribution < -0.4 is 5.73 Å². The van der Waals surface area contributed by atoms with Gasteiger partial charge in [-0.25, -0.2) is 0 Å². The van der Waals surface area contributed by atoms with Crippen LogP contribution in [0.1, 0.15) is 51.9 Å². The predicted molar refractivity (Wildman–Crippen MR) is 58.1 cm³/mol. The third-order valence-electron chi connectivity index (χ3n) is 3.84. The Bertz CT molecular complexity index is 183. The first-order valence-electron chi connectivity index (χ1n) is 6.16. The van der Waals surface area contributed by atoms with Crippen LogP contribution in [-0.2, 0) is 4.74 Å². The van der Waals surface area contributed by atoms with Gasteiger partial charge in [-0.05, 0) is 32.1 Å². The third-order valence-corrected chi connectivity index (χ3v) is 3.84. The quantitative estimate of drug-likeness (QED) is 0.735. The minimum Gasteiger partial charge on any atom is -0.374 e. The molecule has 0 bridgehead atoms. The molecule has 0 amide bonds. The highest BCUT2D eigenvalue weighted by molar-refractivity contribution is 4.97. The summed E-state index contributed by atoms with van der Waals surface area (Å²) in [7, 11) is 0. The molecule has 14 heavy (non-hydrogen) atoms. The highest BCUT2D eigenvalue weighted by atomic mass is 16.5. The van der Waals surface area contributed by atoms with Gasteiger partial charge in [-0.1, -0.05) is 25.7 Å². The summed E-state index contributed by atoms with van der Waals surface area (Å²) in [6.45, 7) is 2.91. The second-order valence-electron chi connectivity index (χ2n) is 4.99. The van der Waals surface area contributed by atoms with Crippen LogP contribution in [0.5, 0.6) is 0 Å². The van der Waals surface area contributed by atoms with Gasteiger partial charge < -0.3 is 10.5 Å². The second kappa shape index (κ2) is 4.19. The van der Waals surface area contributed by atoms with Crippen molar-refractivity contribution in [3.8, 4) is 0 Å². The first-order valence-corrected chi connectivity index (χ1v) is 6.16. The van der Waals surface area contributed by atoms with E-state index in [1.807, 2.05) is 0 Å². The number of nitrogens with two attached hydrogens (primary N) is 1. The van der Waals surface area contributed by atoms with Crippen molar-refractivity contribution in [1.82, 2.24) is 0 Å². The lowest BCUT2D eigenvalue weighted by Gasteiger charge is -2.35. The van der Waals surface area contributed by atoms with E-state index in [0.717, 1.165) is 12.5 Å². The van der Waals surface area contributed by atoms with Crippen molar-refractivity contribution in [1.29, 1.82) is 0 Å². The van der Waals surface area contributed by atoms with Crippen LogP contribution in [0.4, 0.5) is 0 Å². The van der Waals surface area contributed by atoms with E-state index in [9.17, 15) is 0 Å². The molecule has 0 saturated heterocycles. The fourth-order valence-electron chi connectivity index (χ4n) is 2.81. The summed E-state index contributed by atoms with van der Waals surface area (Å²) in [5.74, 6) is 0.919. The maximum atomic E-state index is 6.32. The van der Waals surface area contributed by atoms with E-state index in [-0.39, 0.29) is 11.6 Å². The smallest absolute Gasteiger partial charge is 0.0832 e. The third kappa shape index (κ3) is 2.12. The van der Waals surface area contributed by atoms with Gasteiger partial charge in [0.1, 0.15) is 0 Å². The zero-order valence-electron chi connectivity index (χ0n) is 9.30. The summed E-state index contributed by atoms with van der Waals surface area (Å²) in [6, 6.07) is 0.289. The minimum absolute atomic E-state index is 0.0529. The monoisotopic (exact) mass is 197 g/mol. The molecule has 0 radical (unpaired) electrons. The normalized spacial score (nSPS) is 27.9. The van der Waals surface area contributed by atoms with E-state index in [0.29, 0.717) is 0 Å². The molecule has 2 heteroatoms. The summed E-state index contributed by atoms with van der Waals surface area (Å²) in [5.41, 5.74) is 6.37. The molecule has 2 nitrogen and oxygen atoms in total. The molecule has 2 aliphatic rings. The number of hydrogen-bond donors (Lipinski definition) is 1. The maximum absolute atomic E-state index is 6.32. The van der Waals surface area contributed by atoms with Gasteiger partial charge >= 0.3 is 0 Å². The van der Waals surface area contributed by atoms with Crippen LogP contribution in [0.25, 0.3) is 0 Å². The molecule has 0 aromatic heterocycles. The van der Waals surface area contributed by atoms with E-state index < -0.39 is 0 Å². The fraction of sp³-hybridized carbons (Fsp3) is 1.00. The summed E-state index contributed by atoms with van der Waals surface area (Å²) in [5, 5.41) is 0. The van der Waals surface area contributed by atoms with Crippen molar-refractivity contribution in [2.75, 3.05) is 6.61 Å². The van der Waals surface area contributed by atoms with E-state index in [1.54, 1.807) is 0 Å². The van der Waals surface area contributed by atoms with Crippen molar-refractivity contribution in [2.24, 2.45) is 11.7 Å². The van der Waals surface area contributed by atoms with Crippen molar-refractivity contribution in [2.45, 2.75) is 63.5 Å². The highest BCUT2D eigenvalue weighted by Crippen LogP contribution is 2.41. The van der Waals surface area contributed by atoms with Crippen LogP contribution in [0, 0.1) is 5.92 Å². The van der Waals surface area contributed by atoms with Crippen LogP contribution in [0.15, 0.2) is 0 Å². The topological polar surface area (TPSA) is 35.2 Å². The van der Waals surface area contributed by atoms with Gasteiger partial charge in [0.15, 0.2) is 0 Å². The first kappa shape index (κ1) is 10.4. The van der Waals surface area contributed by atoms with Crippen LogP contribution in [-0.4, -0.2) is 18.2 Å². The SMILES string of the molecule is CCOC1(C(N)CC2CC2)CCCC1. The zero-order chi connectivity index (χ0) is 10.0. The summed E-state index contributed by atoms with van der Waals surface area (Å²) in [4.78, 5) is 0. The molecule has 2 fully saturated rings. The average molecular weight is 197 g/mol. The Balaban J connectivity index is 1.92. The molecule has 1 atom stereocenters. The molecular weight excluding hydrogens is 174 g/mol. The van der Waals surface area contributed by atoms with Gasteiger partial charge in [-0.3, -0.25) is 0 Å². The molecule has 82 valence electrons. The molecule has 0 aromatic rings. The highest BCUT2D eigenvalue weighted by Gasteiger charge is 2.42. The van der Waals surface area contributed by atoms with Crippen molar-refractivity contribution in [3.63, 3.8) is 0 Å². The molecule has 0 heterocycles. The van der Waals surface area contributed by atoms with Crippen molar-refractivity contribution >= 4 is 0 Å². The average Bonchev–Trinajstić information content (AvgIpc) is 2.83. The molecule has 1 unspecified atom stereocenters. The number of ether oxygens (including phenoxy) is 1. The summed E-state index contributed by atoms with van der Waals surface area (Å²) >= 11 is 0. The van der Waals surface area contributed by atoms with Gasteiger partial charge in [0.05, 0.1) is 5.60 Å². The van der Waals surface area contributed by atoms with Crippen LogP contribution >= 0.6 is 0 Å². The van der Waals surface area contributed by atoms with Gasteiger partial charge in [0.25, 0.3) is 0 Å². The summed E-state index contributed by atoms with van der Waals surface area (Å²) in [6.07, 6.45) is 8.98. The number of hydrogen-bond acceptors (Lipinski definition) is 2. The van der Waals surface area contributed by atoms with E-state index in [4.69, 9.17) is 10.5 Å². The van der Waals surface area contributed by atoms with E-state index in [2.05, 4.69) is 6.92 Å². The molecule has 2 saturated carbocycles. The largest absolute Gasteiger partial charge is 0.374 e. The Morgan fingerprint density at radius 1 is 1.36 bits per heavy atom. The maximum Gasteiger partial charge on any atom is 0.0832 e. The molecule has 0 aliphatic heterocycles. The lowest BCUT2D eigenvalue weighted by atomic mass is 9.89. The van der Waals surface area contributed by atoms with Gasteiger partial charge in [-0.15, -0.1) is 0 Å². The van der Waals surface area contributed by atoms with Crippen LogP contribution in [0.3, 0.4) is 0 Å². The lowest BCUT2D eigenvalue weighted by molar-refractivity contribution is -0.0553. The van der Waals surface area contributed by atoms with Gasteiger partial charge in [-0.2, -0.15) is 0 Å². The molecule has 2 N–H and O–H groups in total. The van der Waals surface area contributed by atoms with Gasteiger partial charge in [0, 0.05) is 12.6 Å². The fourth-order valence-corrected chi connectivity index (χ4v) is 2.81. The minimum atomic E-state index is 0.0529. The molecule has 2 rings (SSSR count). The van der Waals surface area contributed by atoms with Crippen molar-refractivity contribution in [3.05, 3.63) is 0 Å². The predicted octanol–water partition coefficient (Wildman–Crippen LogP) is 2.46. The van der Waals surface area contributed by atoms with Crippen LogP contribution in [0.2, 0.25) is 0 Å². The van der Waals surface area contributed by atoms with Crippen molar-refractivity contribution < 1.29 is 4.74 Å². The second-order valence-corrected chi connectivity index (χ2v) is 4.99. The Morgan fingerprint density at radius 3 is 2.50 bits per heavy atom. The van der Waals surface area contributed by atoms with Gasteiger partial charge in [0.2, 0.25) is 0 Å². The Hall–Kier alpha value is -0.0800. The molecular formula is C12H23NO. The first-order chi connectivity index (χ1) is 6.77. The zero-order valence-corrected chi connectivity index (χ0v) is 9.30. The Labute approximate surface area is 87.2 Å². The van der Waals surface area contributed by atoms with E-state index >= 15 is 0 Å². The number of rotatable bonds is 5. The Kier molecular flexibility index (Phi) is 3.13. The molecule has 2 aliphatic carbocycles.